The Labute approximate surface area is 125 Å². The molecule has 0 aliphatic carbocycles. The first kappa shape index (κ1) is 15.5. The van der Waals surface area contributed by atoms with Gasteiger partial charge in [-0.1, -0.05) is 30.3 Å². The summed E-state index contributed by atoms with van der Waals surface area (Å²) in [5, 5.41) is 12.6. The van der Waals surface area contributed by atoms with Crippen LogP contribution in [-0.4, -0.2) is 37.1 Å². The van der Waals surface area contributed by atoms with E-state index in [4.69, 9.17) is 4.74 Å². The molecular weight excluding hydrogens is 268 g/mol. The Morgan fingerprint density at radius 1 is 1.48 bits per heavy atom. The third-order valence-corrected chi connectivity index (χ3v) is 3.70. The molecule has 0 spiro atoms. The van der Waals surface area contributed by atoms with Gasteiger partial charge in [0.2, 0.25) is 5.91 Å². The van der Waals surface area contributed by atoms with Crippen LogP contribution in [0.25, 0.3) is 0 Å². The number of para-hydroxylation sites is 1. The van der Waals surface area contributed by atoms with Gasteiger partial charge in [0.25, 0.3) is 0 Å². The van der Waals surface area contributed by atoms with Gasteiger partial charge in [-0.05, 0) is 24.8 Å². The van der Waals surface area contributed by atoms with Gasteiger partial charge in [-0.15, -0.1) is 0 Å². The first-order valence-corrected chi connectivity index (χ1v) is 7.27. The van der Waals surface area contributed by atoms with Crippen molar-refractivity contribution in [3.05, 3.63) is 29.8 Å². The minimum absolute atomic E-state index is 0.0891. The third-order valence-electron chi connectivity index (χ3n) is 3.70. The highest BCUT2D eigenvalue weighted by molar-refractivity contribution is 6.09. The number of hydrogen-bond donors (Lipinski definition) is 1. The Balaban J connectivity index is 2.25. The standard InChI is InChI=1S/C16H22N2O3/c1-12(11-21-2)10-16(19)18-9-5-7-14(17-20)13-6-3-4-8-15(13)18/h3-4,6,8,12,20H,5,7,9-11H2,1-2H3/b17-14-. The van der Waals surface area contributed by atoms with Crippen LogP contribution in [0.2, 0.25) is 0 Å². The maximum absolute atomic E-state index is 12.6. The van der Waals surface area contributed by atoms with Crippen molar-refractivity contribution >= 4 is 17.3 Å². The minimum atomic E-state index is 0.0891. The molecule has 21 heavy (non-hydrogen) atoms. The van der Waals surface area contributed by atoms with Gasteiger partial charge in [-0.25, -0.2) is 0 Å². The molecule has 5 heteroatoms. The van der Waals surface area contributed by atoms with Crippen molar-refractivity contribution in [2.45, 2.75) is 26.2 Å². The second-order valence-corrected chi connectivity index (χ2v) is 5.48. The van der Waals surface area contributed by atoms with Crippen LogP contribution in [0, 0.1) is 5.92 Å². The van der Waals surface area contributed by atoms with E-state index in [9.17, 15) is 10.0 Å². The zero-order valence-electron chi connectivity index (χ0n) is 12.6. The van der Waals surface area contributed by atoms with Crippen LogP contribution in [0.1, 0.15) is 31.7 Å². The van der Waals surface area contributed by atoms with Gasteiger partial charge in [0, 0.05) is 32.2 Å². The number of carbonyl (C=O) groups is 1. The summed E-state index contributed by atoms with van der Waals surface area (Å²) in [5.41, 5.74) is 2.31. The summed E-state index contributed by atoms with van der Waals surface area (Å²) in [4.78, 5) is 14.4. The lowest BCUT2D eigenvalue weighted by molar-refractivity contribution is -0.119. The summed E-state index contributed by atoms with van der Waals surface area (Å²) < 4.78 is 5.10. The number of rotatable bonds is 4. The maximum atomic E-state index is 12.6. The van der Waals surface area contributed by atoms with Gasteiger partial charge in [0.05, 0.1) is 11.4 Å². The van der Waals surface area contributed by atoms with Crippen LogP contribution in [0.4, 0.5) is 5.69 Å². The number of fused-ring (bicyclic) bond motifs is 1. The van der Waals surface area contributed by atoms with E-state index >= 15 is 0 Å². The van der Waals surface area contributed by atoms with E-state index in [0.29, 0.717) is 31.7 Å². The molecule has 1 aromatic rings. The first-order chi connectivity index (χ1) is 10.2. The van der Waals surface area contributed by atoms with E-state index in [0.717, 1.165) is 17.7 Å². The Morgan fingerprint density at radius 3 is 2.95 bits per heavy atom. The van der Waals surface area contributed by atoms with Crippen LogP contribution < -0.4 is 4.90 Å². The van der Waals surface area contributed by atoms with Gasteiger partial charge < -0.3 is 14.8 Å². The van der Waals surface area contributed by atoms with Crippen molar-refractivity contribution in [1.29, 1.82) is 0 Å². The molecule has 0 fully saturated rings. The summed E-state index contributed by atoms with van der Waals surface area (Å²) in [6.45, 7) is 3.23. The second kappa shape index (κ2) is 7.22. The van der Waals surface area contributed by atoms with Crippen molar-refractivity contribution in [1.82, 2.24) is 0 Å². The Morgan fingerprint density at radius 2 is 2.24 bits per heavy atom. The summed E-state index contributed by atoms with van der Waals surface area (Å²) in [6.07, 6.45) is 1.91. The average molecular weight is 290 g/mol. The Hall–Kier alpha value is -1.88. The summed E-state index contributed by atoms with van der Waals surface area (Å²) in [5.74, 6) is 0.273. The lowest BCUT2D eigenvalue weighted by Crippen LogP contribution is -2.33. The van der Waals surface area contributed by atoms with Crippen LogP contribution in [0.3, 0.4) is 0 Å². The number of methoxy groups -OCH3 is 1. The maximum Gasteiger partial charge on any atom is 0.227 e. The van der Waals surface area contributed by atoms with Crippen molar-refractivity contribution in [3.8, 4) is 0 Å². The number of anilines is 1. The molecule has 0 saturated carbocycles. The number of ether oxygens (including phenoxy) is 1. The number of oxime groups is 1. The molecule has 5 nitrogen and oxygen atoms in total. The highest BCUT2D eigenvalue weighted by Crippen LogP contribution is 2.27. The summed E-state index contributed by atoms with van der Waals surface area (Å²) >= 11 is 0. The van der Waals surface area contributed by atoms with Crippen molar-refractivity contribution in [2.24, 2.45) is 11.1 Å². The molecule has 0 radical (unpaired) electrons. The number of nitrogens with zero attached hydrogens (tertiary/aromatic N) is 2. The number of carbonyl (C=O) groups excluding carboxylic acids is 1. The molecule has 1 N–H and O–H groups in total. The van der Waals surface area contributed by atoms with Gasteiger partial charge in [-0.3, -0.25) is 4.79 Å². The lowest BCUT2D eigenvalue weighted by Gasteiger charge is -2.24. The topological polar surface area (TPSA) is 62.1 Å². The van der Waals surface area contributed by atoms with Gasteiger partial charge in [0.15, 0.2) is 0 Å². The number of benzene rings is 1. The zero-order chi connectivity index (χ0) is 15.2. The molecule has 0 bridgehead atoms. The molecule has 1 unspecified atom stereocenters. The van der Waals surface area contributed by atoms with E-state index in [1.54, 1.807) is 12.0 Å². The fourth-order valence-corrected chi connectivity index (χ4v) is 2.73. The van der Waals surface area contributed by atoms with E-state index in [2.05, 4.69) is 5.16 Å². The quantitative estimate of drug-likeness (QED) is 0.685. The minimum Gasteiger partial charge on any atom is -0.411 e. The van der Waals surface area contributed by atoms with Crippen LogP contribution >= 0.6 is 0 Å². The zero-order valence-corrected chi connectivity index (χ0v) is 12.6. The number of amides is 1. The fourth-order valence-electron chi connectivity index (χ4n) is 2.73. The van der Waals surface area contributed by atoms with Gasteiger partial charge in [-0.2, -0.15) is 0 Å². The largest absolute Gasteiger partial charge is 0.411 e. The van der Waals surface area contributed by atoms with Crippen LogP contribution in [0.15, 0.2) is 29.4 Å². The predicted molar refractivity (Wildman–Crippen MR) is 82.0 cm³/mol. The lowest BCUT2D eigenvalue weighted by atomic mass is 10.0. The fraction of sp³-hybridized carbons (Fsp3) is 0.500. The molecule has 1 aliphatic rings. The first-order valence-electron chi connectivity index (χ1n) is 7.27. The molecule has 1 heterocycles. The molecule has 1 aromatic carbocycles. The second-order valence-electron chi connectivity index (χ2n) is 5.48. The van der Waals surface area contributed by atoms with E-state index < -0.39 is 0 Å². The summed E-state index contributed by atoms with van der Waals surface area (Å²) in [6, 6.07) is 7.60. The Bertz CT molecular complexity index is 528. The van der Waals surface area contributed by atoms with Crippen LogP contribution in [0.5, 0.6) is 0 Å². The monoisotopic (exact) mass is 290 g/mol. The highest BCUT2D eigenvalue weighted by Gasteiger charge is 2.25. The van der Waals surface area contributed by atoms with Crippen LogP contribution in [-0.2, 0) is 9.53 Å². The van der Waals surface area contributed by atoms with Crippen molar-refractivity contribution in [3.63, 3.8) is 0 Å². The SMILES string of the molecule is COCC(C)CC(=O)N1CCC/C(=N/O)c2ccccc21. The molecule has 114 valence electrons. The molecule has 0 saturated heterocycles. The highest BCUT2D eigenvalue weighted by atomic mass is 16.5. The average Bonchev–Trinajstić information content (AvgIpc) is 2.66. The van der Waals surface area contributed by atoms with E-state index in [-0.39, 0.29) is 11.8 Å². The van der Waals surface area contributed by atoms with Gasteiger partial charge >= 0.3 is 0 Å². The van der Waals surface area contributed by atoms with E-state index in [1.807, 2.05) is 31.2 Å². The van der Waals surface area contributed by atoms with Crippen molar-refractivity contribution < 1.29 is 14.7 Å². The molecule has 2 rings (SSSR count). The molecule has 1 aliphatic heterocycles. The third kappa shape index (κ3) is 3.61. The molecule has 1 atom stereocenters. The number of hydrogen-bond acceptors (Lipinski definition) is 4. The molecule has 1 amide bonds. The normalized spacial score (nSPS) is 18.2. The Kier molecular flexibility index (Phi) is 5.33. The van der Waals surface area contributed by atoms with E-state index in [1.165, 1.54) is 0 Å². The molecule has 0 aromatic heterocycles. The predicted octanol–water partition coefficient (Wildman–Crippen LogP) is 2.66. The molecular formula is C16H22N2O3. The smallest absolute Gasteiger partial charge is 0.227 e. The van der Waals surface area contributed by atoms with Gasteiger partial charge in [0.1, 0.15) is 0 Å². The van der Waals surface area contributed by atoms with Crippen molar-refractivity contribution in [2.75, 3.05) is 25.2 Å². The summed E-state index contributed by atoms with van der Waals surface area (Å²) in [7, 11) is 1.65.